The Hall–Kier alpha value is 0.790. The second-order valence-corrected chi connectivity index (χ2v) is 6.91. The Morgan fingerprint density at radius 3 is 2.19 bits per heavy atom. The molecule has 6 heteroatoms. The first-order chi connectivity index (χ1) is 7.40. The monoisotopic (exact) mass is 303 g/mol. The maximum absolute atomic E-state index is 12.5. The first kappa shape index (κ1) is 13.2. The summed E-state index contributed by atoms with van der Waals surface area (Å²) in [5.41, 5.74) is -1.05. The molecule has 2 fully saturated rings. The molecular weight excluding hydrogens is 292 g/mol. The van der Waals surface area contributed by atoms with Crippen LogP contribution in [-0.4, -0.2) is 28.5 Å². The molecule has 0 amide bonds. The van der Waals surface area contributed by atoms with E-state index in [0.717, 1.165) is 12.8 Å². The smallest absolute Gasteiger partial charge is 0.169 e. The molecule has 1 saturated carbocycles. The zero-order chi connectivity index (χ0) is 12.0. The molecule has 2 aliphatic rings. The minimum atomic E-state index is -0.996. The van der Waals surface area contributed by atoms with E-state index in [9.17, 15) is 4.79 Å². The van der Waals surface area contributed by atoms with Crippen molar-refractivity contribution in [2.45, 2.75) is 23.7 Å². The summed E-state index contributed by atoms with van der Waals surface area (Å²) >= 11 is 23.8. The molecule has 0 unspecified atom stereocenters. The van der Waals surface area contributed by atoms with Crippen molar-refractivity contribution >= 4 is 52.2 Å². The van der Waals surface area contributed by atoms with E-state index in [0.29, 0.717) is 13.0 Å². The molecule has 1 aliphatic carbocycles. The van der Waals surface area contributed by atoms with Crippen molar-refractivity contribution < 1.29 is 4.79 Å². The summed E-state index contributed by atoms with van der Waals surface area (Å²) in [5.74, 6) is 0.671. The third kappa shape index (κ3) is 1.87. The zero-order valence-corrected chi connectivity index (χ0v) is 11.7. The van der Waals surface area contributed by atoms with Crippen LogP contribution in [0.2, 0.25) is 0 Å². The highest BCUT2D eigenvalue weighted by atomic mass is 35.5. The van der Waals surface area contributed by atoms with Crippen LogP contribution < -0.4 is 5.32 Å². The Morgan fingerprint density at radius 2 is 1.81 bits per heavy atom. The van der Waals surface area contributed by atoms with Gasteiger partial charge in [0, 0.05) is 30.1 Å². The molecule has 1 aliphatic heterocycles. The maximum Gasteiger partial charge on any atom is 0.169 e. The fraction of sp³-hybridized carbons (Fsp3) is 0.900. The molecular formula is C10H13Cl4NO. The van der Waals surface area contributed by atoms with Crippen molar-refractivity contribution in [3.63, 3.8) is 0 Å². The average molecular weight is 305 g/mol. The van der Waals surface area contributed by atoms with E-state index >= 15 is 0 Å². The molecule has 0 bridgehead atoms. The van der Waals surface area contributed by atoms with E-state index in [1.54, 1.807) is 0 Å². The molecule has 1 spiro atoms. The van der Waals surface area contributed by atoms with Crippen molar-refractivity contribution in [3.05, 3.63) is 0 Å². The molecule has 0 aromatic heterocycles. The Kier molecular flexibility index (Phi) is 3.44. The number of hydrogen-bond acceptors (Lipinski definition) is 2. The van der Waals surface area contributed by atoms with Crippen LogP contribution in [-0.2, 0) is 4.79 Å². The van der Waals surface area contributed by atoms with Crippen molar-refractivity contribution in [2.24, 2.45) is 10.8 Å². The van der Waals surface area contributed by atoms with Gasteiger partial charge in [0.15, 0.2) is 4.46 Å². The Balaban J connectivity index is 2.25. The first-order valence-electron chi connectivity index (χ1n) is 5.20. The minimum absolute atomic E-state index is 0.126. The molecule has 2 rings (SSSR count). The Morgan fingerprint density at radius 1 is 1.19 bits per heavy atom. The van der Waals surface area contributed by atoms with E-state index in [4.69, 9.17) is 46.4 Å². The van der Waals surface area contributed by atoms with E-state index in [1.807, 2.05) is 0 Å². The van der Waals surface area contributed by atoms with Gasteiger partial charge in [0.05, 0.1) is 5.41 Å². The number of Topliss-reactive ketones (excluding diaryl/α,β-unsaturated/α-hetero) is 1. The highest BCUT2D eigenvalue weighted by Gasteiger charge is 2.60. The SMILES string of the molecule is O=C1C(CCl)(CCl)CC[C@@]12CNC(Cl)(Cl)C2. The van der Waals surface area contributed by atoms with Gasteiger partial charge in [-0.05, 0) is 12.8 Å². The molecule has 92 valence electrons. The summed E-state index contributed by atoms with van der Waals surface area (Å²) in [5, 5.41) is 2.97. The number of halogens is 4. The molecule has 1 heterocycles. The van der Waals surface area contributed by atoms with Crippen LogP contribution in [0, 0.1) is 10.8 Å². The van der Waals surface area contributed by atoms with Gasteiger partial charge in [0.25, 0.3) is 0 Å². The highest BCUT2D eigenvalue weighted by Crippen LogP contribution is 2.54. The predicted octanol–water partition coefficient (Wildman–Crippen LogP) is 2.92. The number of carbonyl (C=O) groups is 1. The largest absolute Gasteiger partial charge is 0.298 e. The molecule has 1 N–H and O–H groups in total. The van der Waals surface area contributed by atoms with Crippen molar-refractivity contribution in [2.75, 3.05) is 18.3 Å². The van der Waals surface area contributed by atoms with E-state index in [2.05, 4.69) is 5.32 Å². The molecule has 1 saturated heterocycles. The molecule has 0 aromatic rings. The molecule has 2 nitrogen and oxygen atoms in total. The fourth-order valence-electron chi connectivity index (χ4n) is 2.74. The minimum Gasteiger partial charge on any atom is -0.298 e. The van der Waals surface area contributed by atoms with Crippen molar-refractivity contribution in [1.82, 2.24) is 5.32 Å². The van der Waals surface area contributed by atoms with Gasteiger partial charge < -0.3 is 0 Å². The van der Waals surface area contributed by atoms with Gasteiger partial charge in [-0.1, -0.05) is 23.2 Å². The third-order valence-corrected chi connectivity index (χ3v) is 5.36. The standard InChI is InChI=1S/C10H13Cl4NO/c11-4-9(5-12)2-1-8(7(9)16)3-10(13,14)15-6-8/h15H,1-6H2/t8-/m1/s1. The predicted molar refractivity (Wildman–Crippen MR) is 67.6 cm³/mol. The lowest BCUT2D eigenvalue weighted by Crippen LogP contribution is -2.39. The van der Waals surface area contributed by atoms with E-state index in [1.165, 1.54) is 0 Å². The van der Waals surface area contributed by atoms with E-state index in [-0.39, 0.29) is 17.5 Å². The van der Waals surface area contributed by atoms with Gasteiger partial charge >= 0.3 is 0 Å². The van der Waals surface area contributed by atoms with Crippen molar-refractivity contribution in [3.8, 4) is 0 Å². The van der Waals surface area contributed by atoms with Crippen LogP contribution in [0.15, 0.2) is 0 Å². The van der Waals surface area contributed by atoms with Crippen LogP contribution in [0.1, 0.15) is 19.3 Å². The Labute approximate surface area is 115 Å². The summed E-state index contributed by atoms with van der Waals surface area (Å²) in [6.07, 6.45) is 1.93. The van der Waals surface area contributed by atoms with Crippen LogP contribution in [0.4, 0.5) is 0 Å². The fourth-order valence-corrected chi connectivity index (χ4v) is 4.19. The lowest BCUT2D eigenvalue weighted by Gasteiger charge is -2.26. The molecule has 1 atom stereocenters. The maximum atomic E-state index is 12.5. The number of nitrogens with one attached hydrogen (secondary N) is 1. The quantitative estimate of drug-likeness (QED) is 0.628. The van der Waals surface area contributed by atoms with Gasteiger partial charge in [-0.25, -0.2) is 0 Å². The van der Waals surface area contributed by atoms with Gasteiger partial charge in [0.2, 0.25) is 0 Å². The van der Waals surface area contributed by atoms with Crippen LogP contribution in [0.3, 0.4) is 0 Å². The topological polar surface area (TPSA) is 29.1 Å². The van der Waals surface area contributed by atoms with Crippen LogP contribution >= 0.6 is 46.4 Å². The second-order valence-electron chi connectivity index (χ2n) is 4.89. The van der Waals surface area contributed by atoms with Gasteiger partial charge in [0.1, 0.15) is 5.78 Å². The summed E-state index contributed by atoms with van der Waals surface area (Å²) in [7, 11) is 0. The molecule has 0 radical (unpaired) electrons. The number of alkyl halides is 4. The Bertz CT molecular complexity index is 316. The molecule has 16 heavy (non-hydrogen) atoms. The summed E-state index contributed by atoms with van der Waals surface area (Å²) in [6.45, 7) is 0.522. The first-order valence-corrected chi connectivity index (χ1v) is 7.02. The summed E-state index contributed by atoms with van der Waals surface area (Å²) < 4.78 is -0.996. The lowest BCUT2D eigenvalue weighted by atomic mass is 9.79. The number of ketones is 1. The molecule has 0 aromatic carbocycles. The number of hydrogen-bond donors (Lipinski definition) is 1. The lowest BCUT2D eigenvalue weighted by molar-refractivity contribution is -0.131. The van der Waals surface area contributed by atoms with E-state index < -0.39 is 15.3 Å². The van der Waals surface area contributed by atoms with Gasteiger partial charge in [-0.15, -0.1) is 23.2 Å². The van der Waals surface area contributed by atoms with Crippen LogP contribution in [0.25, 0.3) is 0 Å². The van der Waals surface area contributed by atoms with Gasteiger partial charge in [-0.2, -0.15) is 0 Å². The van der Waals surface area contributed by atoms with Crippen LogP contribution in [0.5, 0.6) is 0 Å². The van der Waals surface area contributed by atoms with Gasteiger partial charge in [-0.3, -0.25) is 10.1 Å². The normalized spacial score (nSPS) is 36.1. The summed E-state index contributed by atoms with van der Waals surface area (Å²) in [4.78, 5) is 12.5. The summed E-state index contributed by atoms with van der Waals surface area (Å²) in [6, 6.07) is 0. The average Bonchev–Trinajstić information content (AvgIpc) is 2.70. The number of carbonyl (C=O) groups excluding carboxylic acids is 1. The van der Waals surface area contributed by atoms with Crippen molar-refractivity contribution in [1.29, 1.82) is 0 Å². The second kappa shape index (κ2) is 4.17. The highest BCUT2D eigenvalue weighted by molar-refractivity contribution is 6.48. The zero-order valence-electron chi connectivity index (χ0n) is 8.66. The third-order valence-electron chi connectivity index (χ3n) is 3.80. The number of rotatable bonds is 2.